The summed E-state index contributed by atoms with van der Waals surface area (Å²) in [6.07, 6.45) is 10.6. The van der Waals surface area contributed by atoms with E-state index in [0.29, 0.717) is 6.42 Å². The molecule has 2 heterocycles. The predicted molar refractivity (Wildman–Crippen MR) is 76.1 cm³/mol. The third-order valence-electron chi connectivity index (χ3n) is 3.31. The minimum atomic E-state index is 0.689. The van der Waals surface area contributed by atoms with Crippen LogP contribution in [0.25, 0.3) is 16.7 Å². The molecular weight excluding hydrogens is 234 g/mol. The maximum atomic E-state index is 9.08. The molecule has 2 aromatic rings. The first kappa shape index (κ1) is 11.5. The Bertz CT molecular complexity index is 767. The number of fused-ring (bicyclic) bond motifs is 1. The van der Waals surface area contributed by atoms with Gasteiger partial charge in [0.2, 0.25) is 0 Å². The van der Waals surface area contributed by atoms with Crippen LogP contribution < -0.4 is 0 Å². The van der Waals surface area contributed by atoms with Gasteiger partial charge in [0.15, 0.2) is 0 Å². The van der Waals surface area contributed by atoms with E-state index in [0.717, 1.165) is 27.9 Å². The van der Waals surface area contributed by atoms with Gasteiger partial charge in [-0.05, 0) is 42.8 Å². The first-order chi connectivity index (χ1) is 9.29. The second-order valence-corrected chi connectivity index (χ2v) is 4.55. The Kier molecular flexibility index (Phi) is 2.77. The second kappa shape index (κ2) is 4.58. The summed E-state index contributed by atoms with van der Waals surface area (Å²) in [4.78, 5) is 4.42. The lowest BCUT2D eigenvalue weighted by Crippen LogP contribution is -1.94. The van der Waals surface area contributed by atoms with E-state index in [4.69, 9.17) is 5.26 Å². The van der Waals surface area contributed by atoms with Gasteiger partial charge in [0.25, 0.3) is 0 Å². The molecule has 92 valence electrons. The van der Waals surface area contributed by atoms with Crippen molar-refractivity contribution in [1.29, 1.82) is 5.26 Å². The molecule has 0 aromatic carbocycles. The van der Waals surface area contributed by atoms with Gasteiger partial charge in [-0.1, -0.05) is 6.08 Å². The number of pyridine rings is 1. The highest BCUT2D eigenvalue weighted by Crippen LogP contribution is 2.23. The highest BCUT2D eigenvalue weighted by atomic mass is 15.0. The molecule has 0 N–H and O–H groups in total. The largest absolute Gasteiger partial charge is 0.301 e. The number of nitriles is 1. The molecule has 0 bridgehead atoms. The van der Waals surface area contributed by atoms with Gasteiger partial charge in [-0.3, -0.25) is 0 Å². The zero-order valence-corrected chi connectivity index (χ0v) is 10.7. The lowest BCUT2D eigenvalue weighted by Gasteiger charge is -2.05. The van der Waals surface area contributed by atoms with E-state index < -0.39 is 0 Å². The molecule has 0 spiro atoms. The number of nitrogens with zero attached hydrogens (tertiary/aromatic N) is 3. The average Bonchev–Trinajstić information content (AvgIpc) is 2.77. The fourth-order valence-electron chi connectivity index (χ4n) is 2.27. The molecule has 0 aliphatic heterocycles. The van der Waals surface area contributed by atoms with Crippen LogP contribution in [0.15, 0.2) is 60.0 Å². The molecule has 3 rings (SSSR count). The van der Waals surface area contributed by atoms with Crippen LogP contribution in [0.2, 0.25) is 0 Å². The maximum Gasteiger partial charge on any atom is 0.144 e. The lowest BCUT2D eigenvalue weighted by atomic mass is 10.1. The Labute approximate surface area is 111 Å². The maximum absolute atomic E-state index is 9.08. The summed E-state index contributed by atoms with van der Waals surface area (Å²) in [7, 11) is 0. The summed E-state index contributed by atoms with van der Waals surface area (Å²) in [5, 5.41) is 10.2. The van der Waals surface area contributed by atoms with Crippen molar-refractivity contribution in [3.63, 3.8) is 0 Å². The predicted octanol–water partition coefficient (Wildman–Crippen LogP) is 3.68. The van der Waals surface area contributed by atoms with Gasteiger partial charge in [0, 0.05) is 35.5 Å². The molecule has 1 aliphatic rings. The van der Waals surface area contributed by atoms with Crippen LogP contribution in [0.1, 0.15) is 13.3 Å². The minimum absolute atomic E-state index is 0.689. The van der Waals surface area contributed by atoms with E-state index in [2.05, 4.69) is 15.6 Å². The molecule has 0 unspecified atom stereocenters. The van der Waals surface area contributed by atoms with Crippen molar-refractivity contribution < 1.29 is 0 Å². The van der Waals surface area contributed by atoms with Gasteiger partial charge in [0.05, 0.1) is 6.07 Å². The zero-order valence-electron chi connectivity index (χ0n) is 10.7. The van der Waals surface area contributed by atoms with Crippen LogP contribution in [0.4, 0.5) is 0 Å². The van der Waals surface area contributed by atoms with Crippen LogP contribution in [0.3, 0.4) is 0 Å². The third-order valence-corrected chi connectivity index (χ3v) is 3.31. The summed E-state index contributed by atoms with van der Waals surface area (Å²) in [5.41, 5.74) is 3.80. The van der Waals surface area contributed by atoms with Crippen molar-refractivity contribution in [3.05, 3.63) is 60.0 Å². The van der Waals surface area contributed by atoms with Gasteiger partial charge in [-0.2, -0.15) is 5.26 Å². The first-order valence-electron chi connectivity index (χ1n) is 6.20. The van der Waals surface area contributed by atoms with Crippen LogP contribution in [0.5, 0.6) is 0 Å². The third kappa shape index (κ3) is 1.98. The smallest absolute Gasteiger partial charge is 0.144 e. The molecule has 0 fully saturated rings. The number of aromatic nitrogens is 2. The molecule has 19 heavy (non-hydrogen) atoms. The van der Waals surface area contributed by atoms with Crippen molar-refractivity contribution in [2.45, 2.75) is 13.3 Å². The number of hydrogen-bond donors (Lipinski definition) is 0. The fraction of sp³-hybridized carbons (Fsp3) is 0.125. The van der Waals surface area contributed by atoms with Crippen molar-refractivity contribution in [3.8, 4) is 6.07 Å². The lowest BCUT2D eigenvalue weighted by molar-refractivity contribution is 1.13. The monoisotopic (exact) mass is 247 g/mol. The molecule has 0 atom stereocenters. The molecule has 2 aromatic heterocycles. The Morgan fingerprint density at radius 2 is 2.26 bits per heavy atom. The van der Waals surface area contributed by atoms with Crippen molar-refractivity contribution in [2.75, 3.05) is 0 Å². The SMILES string of the molecule is CC1=C(C#N)CC=CC(n2ccc3cccnc32)=C1. The van der Waals surface area contributed by atoms with Crippen molar-refractivity contribution in [1.82, 2.24) is 9.55 Å². The molecule has 1 aliphatic carbocycles. The van der Waals surface area contributed by atoms with Gasteiger partial charge >= 0.3 is 0 Å². The summed E-state index contributed by atoms with van der Waals surface area (Å²) in [6, 6.07) is 8.28. The van der Waals surface area contributed by atoms with Crippen LogP contribution in [-0.4, -0.2) is 9.55 Å². The first-order valence-corrected chi connectivity index (χ1v) is 6.20. The van der Waals surface area contributed by atoms with Crippen molar-refractivity contribution in [2.24, 2.45) is 0 Å². The summed E-state index contributed by atoms with van der Waals surface area (Å²) >= 11 is 0. The zero-order chi connectivity index (χ0) is 13.2. The molecule has 0 saturated heterocycles. The summed E-state index contributed by atoms with van der Waals surface area (Å²) < 4.78 is 2.05. The number of allylic oxidation sites excluding steroid dienone is 6. The van der Waals surface area contributed by atoms with Gasteiger partial charge in [-0.15, -0.1) is 0 Å². The molecular formula is C16H13N3. The quantitative estimate of drug-likeness (QED) is 0.771. The fourth-order valence-corrected chi connectivity index (χ4v) is 2.27. The van der Waals surface area contributed by atoms with E-state index >= 15 is 0 Å². The van der Waals surface area contributed by atoms with E-state index in [1.165, 1.54) is 0 Å². The Hall–Kier alpha value is -2.60. The highest BCUT2D eigenvalue weighted by Gasteiger charge is 2.08. The number of rotatable bonds is 1. The van der Waals surface area contributed by atoms with Crippen molar-refractivity contribution >= 4 is 16.7 Å². The van der Waals surface area contributed by atoms with Gasteiger partial charge in [0.1, 0.15) is 5.65 Å². The molecule has 0 radical (unpaired) electrons. The van der Waals surface area contributed by atoms with Crippen LogP contribution in [0, 0.1) is 11.3 Å². The Morgan fingerprint density at radius 1 is 1.37 bits per heavy atom. The highest BCUT2D eigenvalue weighted by molar-refractivity contribution is 5.81. The van der Waals surface area contributed by atoms with E-state index in [9.17, 15) is 0 Å². The standard InChI is InChI=1S/C16H13N3/c1-12-10-15(6-2-4-14(12)11-17)19-9-7-13-5-3-8-18-16(13)19/h2-3,5-10H,4H2,1H3. The van der Waals surface area contributed by atoms with Crippen LogP contribution in [-0.2, 0) is 0 Å². The Balaban J connectivity index is 2.17. The van der Waals surface area contributed by atoms with E-state index in [-0.39, 0.29) is 0 Å². The van der Waals surface area contributed by atoms with Gasteiger partial charge < -0.3 is 4.57 Å². The molecule has 0 saturated carbocycles. The minimum Gasteiger partial charge on any atom is -0.301 e. The topological polar surface area (TPSA) is 41.6 Å². The van der Waals surface area contributed by atoms with Crippen LogP contribution >= 0.6 is 0 Å². The molecule has 3 nitrogen and oxygen atoms in total. The van der Waals surface area contributed by atoms with E-state index in [1.807, 2.05) is 49.5 Å². The molecule has 0 amide bonds. The summed E-state index contributed by atoms with van der Waals surface area (Å²) in [6.45, 7) is 1.98. The normalized spacial score (nSPS) is 15.3. The summed E-state index contributed by atoms with van der Waals surface area (Å²) in [5.74, 6) is 0. The second-order valence-electron chi connectivity index (χ2n) is 4.55. The van der Waals surface area contributed by atoms with Gasteiger partial charge in [-0.25, -0.2) is 4.98 Å². The average molecular weight is 247 g/mol. The van der Waals surface area contributed by atoms with E-state index in [1.54, 1.807) is 6.20 Å². The number of hydrogen-bond acceptors (Lipinski definition) is 2. The Morgan fingerprint density at radius 3 is 3.11 bits per heavy atom. The molecule has 3 heteroatoms.